The summed E-state index contributed by atoms with van der Waals surface area (Å²) in [6, 6.07) is 0. The lowest BCUT2D eigenvalue weighted by Crippen LogP contribution is -2.44. The van der Waals surface area contributed by atoms with Gasteiger partial charge < -0.3 is 0 Å². The Balaban J connectivity index is 2.28. The Morgan fingerprint density at radius 3 is 2.15 bits per heavy atom. The average Bonchev–Trinajstić information content (AvgIpc) is 2.60. The summed E-state index contributed by atoms with van der Waals surface area (Å²) in [5, 5.41) is 0. The molecular formula is C9H17NO2S. The number of sulfonamides is 1. The molecule has 4 heteroatoms. The molecule has 0 aromatic rings. The van der Waals surface area contributed by atoms with Crippen molar-refractivity contribution in [1.82, 2.24) is 4.31 Å². The predicted molar refractivity (Wildman–Crippen MR) is 52.0 cm³/mol. The standard InChI is InChI=1S/C9H17NO2S/c1-13(11,12)10-8-4-7-9(10)5-2-3-6-9/h2-8H2,1H3. The van der Waals surface area contributed by atoms with E-state index >= 15 is 0 Å². The highest BCUT2D eigenvalue weighted by molar-refractivity contribution is 7.88. The van der Waals surface area contributed by atoms with E-state index in [1.165, 1.54) is 19.1 Å². The second-order valence-electron chi connectivity index (χ2n) is 4.37. The molecule has 1 saturated heterocycles. The highest BCUT2D eigenvalue weighted by Gasteiger charge is 2.46. The third-order valence-corrected chi connectivity index (χ3v) is 4.84. The maximum absolute atomic E-state index is 11.5. The molecule has 1 saturated carbocycles. The summed E-state index contributed by atoms with van der Waals surface area (Å²) in [7, 11) is -2.96. The SMILES string of the molecule is CS(=O)(=O)N1CCCC12CCCC2. The molecule has 2 rings (SSSR count). The Kier molecular flexibility index (Phi) is 2.15. The van der Waals surface area contributed by atoms with Crippen LogP contribution in [-0.4, -0.2) is 31.1 Å². The topological polar surface area (TPSA) is 37.4 Å². The highest BCUT2D eigenvalue weighted by Crippen LogP contribution is 2.44. The lowest BCUT2D eigenvalue weighted by molar-refractivity contribution is 0.248. The first kappa shape index (κ1) is 9.46. The summed E-state index contributed by atoms with van der Waals surface area (Å²) in [4.78, 5) is 0. The Morgan fingerprint density at radius 2 is 1.62 bits per heavy atom. The second kappa shape index (κ2) is 2.95. The van der Waals surface area contributed by atoms with Crippen molar-refractivity contribution in [3.05, 3.63) is 0 Å². The van der Waals surface area contributed by atoms with E-state index in [0.29, 0.717) is 0 Å². The smallest absolute Gasteiger partial charge is 0.211 e. The van der Waals surface area contributed by atoms with Crippen LogP contribution in [0.2, 0.25) is 0 Å². The van der Waals surface area contributed by atoms with E-state index in [1.54, 1.807) is 4.31 Å². The Bertz CT molecular complexity index is 285. The van der Waals surface area contributed by atoms with E-state index in [9.17, 15) is 8.42 Å². The summed E-state index contributed by atoms with van der Waals surface area (Å²) >= 11 is 0. The molecule has 3 nitrogen and oxygen atoms in total. The molecule has 0 bridgehead atoms. The fourth-order valence-corrected chi connectivity index (χ4v) is 4.40. The molecule has 0 atom stereocenters. The van der Waals surface area contributed by atoms with Crippen molar-refractivity contribution in [2.45, 2.75) is 44.1 Å². The first-order valence-corrected chi connectivity index (χ1v) is 6.87. The predicted octanol–water partition coefficient (Wildman–Crippen LogP) is 1.35. The molecule has 0 N–H and O–H groups in total. The molecule has 0 aromatic heterocycles. The van der Waals surface area contributed by atoms with Crippen LogP contribution in [0.1, 0.15) is 38.5 Å². The quantitative estimate of drug-likeness (QED) is 0.645. The fraction of sp³-hybridized carbons (Fsp3) is 1.00. The van der Waals surface area contributed by atoms with E-state index in [1.807, 2.05) is 0 Å². The van der Waals surface area contributed by atoms with Gasteiger partial charge in [0.15, 0.2) is 0 Å². The Hall–Kier alpha value is -0.0900. The van der Waals surface area contributed by atoms with Gasteiger partial charge in [-0.1, -0.05) is 12.8 Å². The van der Waals surface area contributed by atoms with E-state index in [2.05, 4.69) is 0 Å². The van der Waals surface area contributed by atoms with E-state index in [4.69, 9.17) is 0 Å². The average molecular weight is 203 g/mol. The first-order chi connectivity index (χ1) is 6.05. The zero-order valence-corrected chi connectivity index (χ0v) is 8.94. The lowest BCUT2D eigenvalue weighted by Gasteiger charge is -2.32. The van der Waals surface area contributed by atoms with Crippen LogP contribution in [0.4, 0.5) is 0 Å². The van der Waals surface area contributed by atoms with Crippen molar-refractivity contribution in [3.63, 3.8) is 0 Å². The minimum atomic E-state index is -2.96. The van der Waals surface area contributed by atoms with Crippen LogP contribution >= 0.6 is 0 Å². The lowest BCUT2D eigenvalue weighted by atomic mass is 9.96. The molecule has 13 heavy (non-hydrogen) atoms. The van der Waals surface area contributed by atoms with E-state index < -0.39 is 10.0 Å². The minimum Gasteiger partial charge on any atom is -0.212 e. The van der Waals surface area contributed by atoms with Gasteiger partial charge in [-0.05, 0) is 25.7 Å². The van der Waals surface area contributed by atoms with Crippen LogP contribution in [0, 0.1) is 0 Å². The molecule has 76 valence electrons. The van der Waals surface area contributed by atoms with Gasteiger partial charge in [0.05, 0.1) is 6.26 Å². The Labute approximate surface area is 80.2 Å². The van der Waals surface area contributed by atoms with Gasteiger partial charge in [0, 0.05) is 12.1 Å². The molecule has 0 amide bonds. The molecule has 2 aliphatic rings. The zero-order chi connectivity index (χ0) is 9.53. The monoisotopic (exact) mass is 203 g/mol. The van der Waals surface area contributed by atoms with Crippen molar-refractivity contribution >= 4 is 10.0 Å². The van der Waals surface area contributed by atoms with Crippen molar-refractivity contribution in [2.75, 3.05) is 12.8 Å². The summed E-state index contributed by atoms with van der Waals surface area (Å²) in [5.74, 6) is 0. The third kappa shape index (κ3) is 1.50. The maximum atomic E-state index is 11.5. The van der Waals surface area contributed by atoms with Crippen molar-refractivity contribution in [2.24, 2.45) is 0 Å². The van der Waals surface area contributed by atoms with Crippen LogP contribution in [0.5, 0.6) is 0 Å². The molecule has 1 aliphatic heterocycles. The summed E-state index contributed by atoms with van der Waals surface area (Å²) in [6.07, 6.45) is 8.05. The Morgan fingerprint density at radius 1 is 1.08 bits per heavy atom. The van der Waals surface area contributed by atoms with Gasteiger partial charge in [0.2, 0.25) is 10.0 Å². The molecule has 1 aliphatic carbocycles. The van der Waals surface area contributed by atoms with Gasteiger partial charge in [-0.15, -0.1) is 0 Å². The summed E-state index contributed by atoms with van der Waals surface area (Å²) in [5.41, 5.74) is 0.0353. The highest BCUT2D eigenvalue weighted by atomic mass is 32.2. The number of nitrogens with zero attached hydrogens (tertiary/aromatic N) is 1. The van der Waals surface area contributed by atoms with Crippen LogP contribution in [0.25, 0.3) is 0 Å². The van der Waals surface area contributed by atoms with Gasteiger partial charge in [-0.2, -0.15) is 4.31 Å². The maximum Gasteiger partial charge on any atom is 0.211 e. The molecule has 0 radical (unpaired) electrons. The van der Waals surface area contributed by atoms with Gasteiger partial charge >= 0.3 is 0 Å². The molecule has 0 aromatic carbocycles. The van der Waals surface area contributed by atoms with Gasteiger partial charge in [0.1, 0.15) is 0 Å². The number of hydrogen-bond acceptors (Lipinski definition) is 2. The molecule has 1 heterocycles. The largest absolute Gasteiger partial charge is 0.212 e. The minimum absolute atomic E-state index is 0.0353. The first-order valence-electron chi connectivity index (χ1n) is 5.02. The molecule has 2 fully saturated rings. The fourth-order valence-electron chi connectivity index (χ4n) is 2.96. The van der Waals surface area contributed by atoms with Crippen LogP contribution in [-0.2, 0) is 10.0 Å². The van der Waals surface area contributed by atoms with Crippen molar-refractivity contribution < 1.29 is 8.42 Å². The third-order valence-electron chi connectivity index (χ3n) is 3.47. The molecule has 1 spiro atoms. The zero-order valence-electron chi connectivity index (χ0n) is 8.12. The van der Waals surface area contributed by atoms with Crippen LogP contribution in [0.3, 0.4) is 0 Å². The normalized spacial score (nSPS) is 28.7. The van der Waals surface area contributed by atoms with Crippen molar-refractivity contribution in [1.29, 1.82) is 0 Å². The second-order valence-corrected chi connectivity index (χ2v) is 6.28. The summed E-state index contributed by atoms with van der Waals surface area (Å²) < 4.78 is 24.8. The van der Waals surface area contributed by atoms with Gasteiger partial charge in [-0.3, -0.25) is 0 Å². The number of rotatable bonds is 1. The van der Waals surface area contributed by atoms with E-state index in [-0.39, 0.29) is 5.54 Å². The van der Waals surface area contributed by atoms with Gasteiger partial charge in [-0.25, -0.2) is 8.42 Å². The van der Waals surface area contributed by atoms with Crippen LogP contribution < -0.4 is 0 Å². The van der Waals surface area contributed by atoms with Crippen LogP contribution in [0.15, 0.2) is 0 Å². The molecule has 0 unspecified atom stereocenters. The summed E-state index contributed by atoms with van der Waals surface area (Å²) in [6.45, 7) is 0.749. The number of hydrogen-bond donors (Lipinski definition) is 0. The van der Waals surface area contributed by atoms with Crippen molar-refractivity contribution in [3.8, 4) is 0 Å². The molecular weight excluding hydrogens is 186 g/mol. The van der Waals surface area contributed by atoms with Gasteiger partial charge in [0.25, 0.3) is 0 Å². The van der Waals surface area contributed by atoms with E-state index in [0.717, 1.165) is 32.2 Å².